The molecule has 4 atom stereocenters. The van der Waals surface area contributed by atoms with E-state index < -0.39 is 17.5 Å². The van der Waals surface area contributed by atoms with Crippen molar-refractivity contribution >= 4 is 23.6 Å². The van der Waals surface area contributed by atoms with E-state index in [0.29, 0.717) is 64.8 Å². The number of carbonyl (C=O) groups is 4. The Morgan fingerprint density at radius 3 is 2.50 bits per heavy atom. The van der Waals surface area contributed by atoms with Crippen molar-refractivity contribution < 1.29 is 23.9 Å². The van der Waals surface area contributed by atoms with E-state index in [4.69, 9.17) is 4.74 Å². The number of nitrogens with zero attached hydrogens (tertiary/aromatic N) is 1. The Bertz CT molecular complexity index is 1080. The Kier molecular flexibility index (Phi) is 10.0. The van der Waals surface area contributed by atoms with Crippen LogP contribution in [0, 0.1) is 17.3 Å². The van der Waals surface area contributed by atoms with Gasteiger partial charge >= 0.3 is 0 Å². The molecule has 0 bridgehead atoms. The van der Waals surface area contributed by atoms with Gasteiger partial charge in [0, 0.05) is 51.6 Å². The molecule has 40 heavy (non-hydrogen) atoms. The first-order chi connectivity index (χ1) is 19.2. The summed E-state index contributed by atoms with van der Waals surface area (Å²) in [5.74, 6) is -0.620. The molecule has 4 amide bonds. The molecule has 1 spiro atoms. The Morgan fingerprint density at radius 2 is 1.82 bits per heavy atom. The van der Waals surface area contributed by atoms with E-state index in [2.05, 4.69) is 28.1 Å². The Balaban J connectivity index is 1.58. The first-order valence-electron chi connectivity index (χ1n) is 14.6. The second-order valence-electron chi connectivity index (χ2n) is 11.9. The van der Waals surface area contributed by atoms with Crippen LogP contribution in [-0.4, -0.2) is 73.0 Å². The third-order valence-corrected chi connectivity index (χ3v) is 8.61. The molecule has 3 aliphatic heterocycles. The number of hydrogen-bond donors (Lipinski definition) is 3. The summed E-state index contributed by atoms with van der Waals surface area (Å²) in [5, 5.41) is 9.17. The molecule has 0 aliphatic carbocycles. The highest BCUT2D eigenvalue weighted by Gasteiger charge is 2.42. The molecule has 0 radical (unpaired) electrons. The average molecular weight is 553 g/mol. The van der Waals surface area contributed by atoms with Crippen LogP contribution >= 0.6 is 0 Å². The lowest BCUT2D eigenvalue weighted by Gasteiger charge is -2.41. The van der Waals surface area contributed by atoms with Gasteiger partial charge in [-0.25, -0.2) is 0 Å². The van der Waals surface area contributed by atoms with E-state index >= 15 is 0 Å². The topological polar surface area (TPSA) is 117 Å². The van der Waals surface area contributed by atoms with Crippen LogP contribution in [0.2, 0.25) is 0 Å². The third kappa shape index (κ3) is 7.30. The fourth-order valence-corrected chi connectivity index (χ4v) is 6.11. The lowest BCUT2D eigenvalue weighted by atomic mass is 9.75. The van der Waals surface area contributed by atoms with Gasteiger partial charge in [-0.3, -0.25) is 19.2 Å². The van der Waals surface area contributed by atoms with Gasteiger partial charge < -0.3 is 25.6 Å². The second-order valence-corrected chi connectivity index (χ2v) is 11.9. The van der Waals surface area contributed by atoms with Gasteiger partial charge in [-0.15, -0.1) is 0 Å². The first-order valence-corrected chi connectivity index (χ1v) is 14.6. The molecule has 3 N–H and O–H groups in total. The maximum Gasteiger partial charge on any atom is 0.245 e. The van der Waals surface area contributed by atoms with Crippen LogP contribution in [-0.2, 0) is 30.3 Å². The predicted molar refractivity (Wildman–Crippen MR) is 152 cm³/mol. The van der Waals surface area contributed by atoms with Gasteiger partial charge in [0.05, 0.1) is 5.41 Å². The highest BCUT2D eigenvalue weighted by Crippen LogP contribution is 2.36. The fraction of sp³-hybridized carbons (Fsp3) is 0.613. The number of benzene rings is 1. The van der Waals surface area contributed by atoms with Gasteiger partial charge in [0.1, 0.15) is 12.1 Å². The van der Waals surface area contributed by atoms with Crippen LogP contribution in [0.15, 0.2) is 42.5 Å². The molecule has 0 saturated carbocycles. The fourth-order valence-electron chi connectivity index (χ4n) is 6.11. The molecule has 0 aromatic heterocycles. The Morgan fingerprint density at radius 1 is 1.10 bits per heavy atom. The zero-order valence-corrected chi connectivity index (χ0v) is 24.0. The third-order valence-electron chi connectivity index (χ3n) is 8.61. The Labute approximate surface area is 237 Å². The number of amides is 4. The van der Waals surface area contributed by atoms with Gasteiger partial charge in [0.15, 0.2) is 0 Å². The van der Waals surface area contributed by atoms with Crippen LogP contribution in [0.25, 0.3) is 0 Å². The summed E-state index contributed by atoms with van der Waals surface area (Å²) in [6.45, 7) is 7.30. The summed E-state index contributed by atoms with van der Waals surface area (Å²) < 4.78 is 5.58. The summed E-state index contributed by atoms with van der Waals surface area (Å²) in [7, 11) is 0. The molecule has 1 aromatic rings. The van der Waals surface area contributed by atoms with Gasteiger partial charge in [0.2, 0.25) is 23.6 Å². The number of ether oxygens (including phenoxy) is 1. The second kappa shape index (κ2) is 13.4. The Hall–Kier alpha value is -3.20. The zero-order valence-electron chi connectivity index (χ0n) is 24.0. The van der Waals surface area contributed by atoms with Crippen molar-refractivity contribution in [2.45, 2.75) is 77.4 Å². The molecule has 9 heteroatoms. The predicted octanol–water partition coefficient (Wildman–Crippen LogP) is 2.35. The summed E-state index contributed by atoms with van der Waals surface area (Å²) in [5.41, 5.74) is 0.366. The first kappa shape index (κ1) is 29.8. The van der Waals surface area contributed by atoms with Crippen LogP contribution in [0.3, 0.4) is 0 Å². The van der Waals surface area contributed by atoms with E-state index in [-0.39, 0.29) is 41.5 Å². The number of allylic oxidation sites excluding steroid dienone is 2. The van der Waals surface area contributed by atoms with Crippen molar-refractivity contribution in [2.24, 2.45) is 17.3 Å². The molecule has 3 aliphatic rings. The van der Waals surface area contributed by atoms with E-state index in [0.717, 1.165) is 5.56 Å². The number of hydrogen-bond acceptors (Lipinski definition) is 5. The van der Waals surface area contributed by atoms with Crippen molar-refractivity contribution in [3.8, 4) is 0 Å². The number of fused-ring (bicyclic) bond motifs is 1. The van der Waals surface area contributed by atoms with E-state index in [1.807, 2.05) is 49.1 Å². The molecule has 0 unspecified atom stereocenters. The molecule has 2 saturated heterocycles. The van der Waals surface area contributed by atoms with Crippen molar-refractivity contribution in [3.05, 3.63) is 48.0 Å². The van der Waals surface area contributed by atoms with Crippen molar-refractivity contribution in [3.63, 3.8) is 0 Å². The summed E-state index contributed by atoms with van der Waals surface area (Å²) in [4.78, 5) is 54.5. The maximum absolute atomic E-state index is 13.7. The smallest absolute Gasteiger partial charge is 0.245 e. The minimum absolute atomic E-state index is 0.0150. The normalized spacial score (nSPS) is 26.9. The highest BCUT2D eigenvalue weighted by molar-refractivity contribution is 5.91. The molecule has 1 aromatic carbocycles. The largest absolute Gasteiger partial charge is 0.381 e. The monoisotopic (exact) mass is 552 g/mol. The molecule has 9 nitrogen and oxygen atoms in total. The van der Waals surface area contributed by atoms with Crippen molar-refractivity contribution in [2.75, 3.05) is 26.3 Å². The minimum atomic E-state index is -0.705. The highest BCUT2D eigenvalue weighted by atomic mass is 16.5. The van der Waals surface area contributed by atoms with Crippen LogP contribution in [0.1, 0.15) is 58.4 Å². The number of piperidine rings is 1. The maximum atomic E-state index is 13.7. The van der Waals surface area contributed by atoms with Crippen LogP contribution in [0.5, 0.6) is 0 Å². The summed E-state index contributed by atoms with van der Waals surface area (Å²) in [6.07, 6.45) is 7.67. The molecule has 2 fully saturated rings. The number of likely N-dealkylation sites (tertiary alicyclic amines) is 1. The zero-order chi connectivity index (χ0) is 28.7. The van der Waals surface area contributed by atoms with Crippen LogP contribution in [0.4, 0.5) is 0 Å². The van der Waals surface area contributed by atoms with E-state index in [1.165, 1.54) is 6.92 Å². The van der Waals surface area contributed by atoms with Gasteiger partial charge in [0.25, 0.3) is 0 Å². The van der Waals surface area contributed by atoms with E-state index in [1.54, 1.807) is 0 Å². The minimum Gasteiger partial charge on any atom is -0.381 e. The standard InChI is InChI=1S/C31H44N4O5/c1-21(2)27(32-22(3)36)29(38)35-16-12-25-24(20-35)11-7-8-13-31(14-17-40-18-15-31)30(39)34-26(28(37)33-25)19-23-9-5-4-6-10-23/h4-10,21,24-27H,11-20H2,1-3H3,(H,32,36)(H,33,37)(H,34,39)/b8-7+/t24-,25+,26+,27-/m1/s1. The summed E-state index contributed by atoms with van der Waals surface area (Å²) in [6, 6.07) is 8.32. The van der Waals surface area contributed by atoms with Gasteiger partial charge in [-0.1, -0.05) is 56.3 Å². The molecular weight excluding hydrogens is 508 g/mol. The van der Waals surface area contributed by atoms with E-state index in [9.17, 15) is 19.2 Å². The lowest BCUT2D eigenvalue weighted by Crippen LogP contribution is -2.60. The average Bonchev–Trinajstić information content (AvgIpc) is 2.94. The number of rotatable bonds is 5. The molecule has 3 heterocycles. The van der Waals surface area contributed by atoms with Crippen LogP contribution < -0.4 is 16.0 Å². The van der Waals surface area contributed by atoms with Crippen molar-refractivity contribution in [1.82, 2.24) is 20.9 Å². The number of carbonyl (C=O) groups excluding carboxylic acids is 4. The van der Waals surface area contributed by atoms with Gasteiger partial charge in [-0.05, 0) is 43.6 Å². The SMILES string of the molecule is CC(=O)N[C@@H](C(=O)N1CC[C@@H]2NC(=O)[C@H](Cc3ccccc3)NC(=O)C3(C/C=C/C[C@@H]2C1)CCOCC3)C(C)C. The lowest BCUT2D eigenvalue weighted by molar-refractivity contribution is -0.141. The number of nitrogens with one attached hydrogen (secondary N) is 3. The molecule has 218 valence electrons. The molecule has 4 rings (SSSR count). The molecular formula is C31H44N4O5. The quantitative estimate of drug-likeness (QED) is 0.485. The summed E-state index contributed by atoms with van der Waals surface area (Å²) >= 11 is 0. The van der Waals surface area contributed by atoms with Gasteiger partial charge in [-0.2, -0.15) is 0 Å². The van der Waals surface area contributed by atoms with Crippen molar-refractivity contribution in [1.29, 1.82) is 0 Å².